The number of methoxy groups -OCH3 is 1. The number of hydrogen-bond acceptors (Lipinski definition) is 1. The van der Waals surface area contributed by atoms with Gasteiger partial charge in [0.2, 0.25) is 5.69 Å². The summed E-state index contributed by atoms with van der Waals surface area (Å²) in [5.41, 5.74) is 1.57. The molecule has 4 heteroatoms. The molecule has 0 saturated heterocycles. The summed E-state index contributed by atoms with van der Waals surface area (Å²) < 4.78 is 5.16. The van der Waals surface area contributed by atoms with E-state index < -0.39 is 0 Å². The zero-order valence-corrected chi connectivity index (χ0v) is 10.1. The van der Waals surface area contributed by atoms with Crippen LogP contribution in [0, 0.1) is 6.57 Å². The molecule has 0 N–H and O–H groups in total. The maximum Gasteiger partial charge on any atom is 0.228 e. The minimum atomic E-state index is 0.0914. The van der Waals surface area contributed by atoms with Crippen LogP contribution in [0.4, 0.5) is 5.69 Å². The molecule has 1 rings (SSSR count). The average molecular weight is 305 g/mol. The van der Waals surface area contributed by atoms with Crippen molar-refractivity contribution in [2.75, 3.05) is 7.11 Å². The summed E-state index contributed by atoms with van der Waals surface area (Å²) in [4.78, 5) is 3.34. The van der Waals surface area contributed by atoms with Crippen molar-refractivity contribution < 1.29 is 4.74 Å². The average Bonchev–Trinajstić information content (AvgIpc) is 2.16. The van der Waals surface area contributed by atoms with Crippen LogP contribution in [-0.4, -0.2) is 7.11 Å². The van der Waals surface area contributed by atoms with E-state index in [4.69, 9.17) is 11.3 Å². The second kappa shape index (κ2) is 4.64. The number of hydrogen-bond donors (Lipinski definition) is 0. The molecular weight excluding hydrogens is 298 g/mol. The van der Waals surface area contributed by atoms with Gasteiger partial charge >= 0.3 is 0 Å². The zero-order chi connectivity index (χ0) is 9.84. The lowest BCUT2D eigenvalue weighted by Gasteiger charge is -2.06. The van der Waals surface area contributed by atoms with Crippen LogP contribution in [-0.2, 0) is 0 Å². The number of halogens is 2. The lowest BCUT2D eigenvalue weighted by Crippen LogP contribution is -1.86. The lowest BCUT2D eigenvalue weighted by molar-refractivity contribution is 0.417. The van der Waals surface area contributed by atoms with Gasteiger partial charge in [-0.3, -0.25) is 0 Å². The Morgan fingerprint density at radius 3 is 2.62 bits per heavy atom. The molecule has 0 aliphatic carbocycles. The van der Waals surface area contributed by atoms with Gasteiger partial charge in [0.1, 0.15) is 5.75 Å². The van der Waals surface area contributed by atoms with Crippen LogP contribution in [0.15, 0.2) is 18.2 Å². The third-order valence-corrected chi connectivity index (χ3v) is 2.63. The second-order valence-electron chi connectivity index (χ2n) is 2.34. The van der Waals surface area contributed by atoms with Gasteiger partial charge in [-0.25, -0.2) is 4.85 Å². The van der Waals surface area contributed by atoms with E-state index in [1.807, 2.05) is 12.1 Å². The number of nitrogens with zero attached hydrogens (tertiary/aromatic N) is 1. The zero-order valence-electron chi connectivity index (χ0n) is 6.92. The van der Waals surface area contributed by atoms with Crippen LogP contribution in [0.3, 0.4) is 0 Å². The van der Waals surface area contributed by atoms with Crippen LogP contribution in [0.2, 0.25) is 0 Å². The van der Waals surface area contributed by atoms with Crippen molar-refractivity contribution in [3.63, 3.8) is 0 Å². The fourth-order valence-corrected chi connectivity index (χ4v) is 1.49. The molecule has 68 valence electrons. The van der Waals surface area contributed by atoms with Crippen molar-refractivity contribution in [3.05, 3.63) is 35.2 Å². The first-order valence-electron chi connectivity index (χ1n) is 3.52. The predicted molar refractivity (Wildman–Crippen MR) is 59.9 cm³/mol. The SMILES string of the molecule is [C-]#[N+]c1ccc(C(Br)Br)cc1OC. The summed E-state index contributed by atoms with van der Waals surface area (Å²) in [5, 5.41) is 0. The molecule has 0 heterocycles. The largest absolute Gasteiger partial charge is 0.508 e. The van der Waals surface area contributed by atoms with Gasteiger partial charge < -0.3 is 4.74 Å². The highest BCUT2D eigenvalue weighted by atomic mass is 79.9. The number of alkyl halides is 2. The molecule has 1 aromatic carbocycles. The fraction of sp³-hybridized carbons (Fsp3) is 0.222. The van der Waals surface area contributed by atoms with Crippen LogP contribution >= 0.6 is 31.9 Å². The molecule has 0 radical (unpaired) electrons. The second-order valence-corrected chi connectivity index (χ2v) is 5.40. The van der Waals surface area contributed by atoms with Gasteiger partial charge in [0, 0.05) is 0 Å². The first-order valence-corrected chi connectivity index (χ1v) is 5.35. The van der Waals surface area contributed by atoms with Gasteiger partial charge in [-0.05, 0) is 11.6 Å². The van der Waals surface area contributed by atoms with Gasteiger partial charge in [-0.2, -0.15) is 0 Å². The fourth-order valence-electron chi connectivity index (χ4n) is 0.922. The predicted octanol–water partition coefficient (Wildman–Crippen LogP) is 4.03. The molecule has 0 fully saturated rings. The quantitative estimate of drug-likeness (QED) is 0.594. The highest BCUT2D eigenvalue weighted by molar-refractivity contribution is 9.24. The Bertz CT molecular complexity index is 344. The molecule has 1 aromatic rings. The first-order chi connectivity index (χ1) is 6.19. The van der Waals surface area contributed by atoms with E-state index in [1.165, 1.54) is 0 Å². The Hall–Kier alpha value is -0.530. The minimum Gasteiger partial charge on any atom is -0.508 e. The van der Waals surface area contributed by atoms with E-state index in [2.05, 4.69) is 36.7 Å². The molecule has 0 saturated carbocycles. The molecule has 13 heavy (non-hydrogen) atoms. The first kappa shape index (κ1) is 10.6. The molecule has 0 aliphatic heterocycles. The molecule has 2 nitrogen and oxygen atoms in total. The lowest BCUT2D eigenvalue weighted by atomic mass is 10.2. The van der Waals surface area contributed by atoms with Crippen molar-refractivity contribution in [2.24, 2.45) is 0 Å². The maximum atomic E-state index is 6.89. The smallest absolute Gasteiger partial charge is 0.228 e. The van der Waals surface area contributed by atoms with E-state index in [0.29, 0.717) is 11.4 Å². The molecule has 0 aliphatic rings. The summed E-state index contributed by atoms with van der Waals surface area (Å²) in [6.45, 7) is 6.89. The summed E-state index contributed by atoms with van der Waals surface area (Å²) in [6, 6.07) is 5.46. The van der Waals surface area contributed by atoms with Crippen molar-refractivity contribution in [1.82, 2.24) is 0 Å². The minimum absolute atomic E-state index is 0.0914. The van der Waals surface area contributed by atoms with E-state index in [1.54, 1.807) is 13.2 Å². The molecule has 0 bridgehead atoms. The Morgan fingerprint density at radius 1 is 1.46 bits per heavy atom. The van der Waals surface area contributed by atoms with Gasteiger partial charge in [0.05, 0.1) is 17.4 Å². The van der Waals surface area contributed by atoms with Crippen LogP contribution in [0.25, 0.3) is 4.85 Å². The third-order valence-electron chi connectivity index (χ3n) is 1.58. The highest BCUT2D eigenvalue weighted by Crippen LogP contribution is 2.35. The monoisotopic (exact) mass is 303 g/mol. The van der Waals surface area contributed by atoms with Gasteiger partial charge in [-0.1, -0.05) is 44.0 Å². The third kappa shape index (κ3) is 2.45. The van der Waals surface area contributed by atoms with Gasteiger partial charge in [0.25, 0.3) is 0 Å². The summed E-state index contributed by atoms with van der Waals surface area (Å²) >= 11 is 6.75. The van der Waals surface area contributed by atoms with Crippen LogP contribution < -0.4 is 4.74 Å². The van der Waals surface area contributed by atoms with E-state index >= 15 is 0 Å². The Balaban J connectivity index is 3.15. The standard InChI is InChI=1S/C9H7Br2NO/c1-12-7-4-3-6(9(10)11)5-8(7)13-2/h3-5,9H,2H3. The topological polar surface area (TPSA) is 13.6 Å². The maximum absolute atomic E-state index is 6.89. The van der Waals surface area contributed by atoms with Crippen LogP contribution in [0.5, 0.6) is 5.75 Å². The molecule has 0 atom stereocenters. The Morgan fingerprint density at radius 2 is 2.15 bits per heavy atom. The Kier molecular flexibility index (Phi) is 3.76. The van der Waals surface area contributed by atoms with Gasteiger partial charge in [-0.15, -0.1) is 0 Å². The van der Waals surface area contributed by atoms with Crippen molar-refractivity contribution in [2.45, 2.75) is 3.74 Å². The molecule has 0 amide bonds. The molecule has 0 spiro atoms. The molecule has 0 unspecified atom stereocenters. The number of rotatable bonds is 2. The molecular formula is C9H7Br2NO. The van der Waals surface area contributed by atoms with E-state index in [-0.39, 0.29) is 3.74 Å². The number of ether oxygens (including phenoxy) is 1. The van der Waals surface area contributed by atoms with Gasteiger partial charge in [0.15, 0.2) is 0 Å². The summed E-state index contributed by atoms with van der Waals surface area (Å²) in [5.74, 6) is 0.608. The van der Waals surface area contributed by atoms with E-state index in [0.717, 1.165) is 5.56 Å². The van der Waals surface area contributed by atoms with Crippen molar-refractivity contribution >= 4 is 37.5 Å². The van der Waals surface area contributed by atoms with E-state index in [9.17, 15) is 0 Å². The molecule has 0 aromatic heterocycles. The van der Waals surface area contributed by atoms with Crippen LogP contribution in [0.1, 0.15) is 9.30 Å². The normalized spacial score (nSPS) is 9.77. The van der Waals surface area contributed by atoms with Crippen molar-refractivity contribution in [1.29, 1.82) is 0 Å². The van der Waals surface area contributed by atoms with Crippen molar-refractivity contribution in [3.8, 4) is 5.75 Å². The number of benzene rings is 1. The highest BCUT2D eigenvalue weighted by Gasteiger charge is 2.07. The summed E-state index contributed by atoms with van der Waals surface area (Å²) in [6.07, 6.45) is 0. The Labute approximate surface area is 94.0 Å². The summed E-state index contributed by atoms with van der Waals surface area (Å²) in [7, 11) is 1.56.